The van der Waals surface area contributed by atoms with Crippen LogP contribution in [0.3, 0.4) is 0 Å². The number of carbonyl (C=O) groups is 3. The molecule has 0 radical (unpaired) electrons. The maximum atomic E-state index is 13.2. The molecule has 2 amide bonds. The Bertz CT molecular complexity index is 1000. The number of phenols is 1. The van der Waals surface area contributed by atoms with E-state index in [4.69, 9.17) is 0 Å². The summed E-state index contributed by atoms with van der Waals surface area (Å²) in [5.74, 6) is -2.26. The molecule has 28 heavy (non-hydrogen) atoms. The van der Waals surface area contributed by atoms with E-state index in [-0.39, 0.29) is 58.4 Å². The van der Waals surface area contributed by atoms with E-state index >= 15 is 0 Å². The molecule has 5 atom stereocenters. The van der Waals surface area contributed by atoms with Crippen LogP contribution in [0, 0.1) is 23.7 Å². The SMILES string of the molecule is O=C(O)c1cc(N2C(=O)[C@@H]3C4CC(CC4c4ccccc4)[C@@H]3C2=O)ccc1O. The molecule has 3 unspecified atom stereocenters. The van der Waals surface area contributed by atoms with Crippen LogP contribution < -0.4 is 4.90 Å². The molecule has 1 saturated heterocycles. The van der Waals surface area contributed by atoms with E-state index in [0.717, 1.165) is 17.7 Å². The van der Waals surface area contributed by atoms with E-state index in [9.17, 15) is 24.6 Å². The number of carboxylic acid groups (broad SMARTS) is 1. The highest BCUT2D eigenvalue weighted by atomic mass is 16.4. The lowest BCUT2D eigenvalue weighted by molar-refractivity contribution is -0.123. The van der Waals surface area contributed by atoms with Crippen molar-refractivity contribution in [1.82, 2.24) is 0 Å². The zero-order chi connectivity index (χ0) is 19.6. The first-order valence-electron chi connectivity index (χ1n) is 9.46. The molecule has 1 aliphatic heterocycles. The lowest BCUT2D eigenvalue weighted by Gasteiger charge is -2.28. The van der Waals surface area contributed by atoms with E-state index < -0.39 is 5.97 Å². The summed E-state index contributed by atoms with van der Waals surface area (Å²) in [4.78, 5) is 38.8. The normalized spacial score (nSPS) is 30.7. The number of carbonyl (C=O) groups excluding carboxylic acids is 2. The molecule has 142 valence electrons. The Morgan fingerprint density at radius 2 is 1.68 bits per heavy atom. The third-order valence-electron chi connectivity index (χ3n) is 6.71. The summed E-state index contributed by atoms with van der Waals surface area (Å²) in [6.45, 7) is 0. The molecule has 0 aromatic heterocycles. The van der Waals surface area contributed by atoms with Gasteiger partial charge in [0.2, 0.25) is 11.8 Å². The molecule has 2 N–H and O–H groups in total. The number of hydrogen-bond donors (Lipinski definition) is 2. The standard InChI is InChI=1S/C22H19NO5/c24-17-7-6-13(10-16(17)22(27)28)23-20(25)18-12-8-14(11-4-2-1-3-5-11)15(9-12)19(18)21(23)26/h1-7,10,12,14-15,18-19,24H,8-9H2,(H,27,28)/t12?,14?,15?,18-,19+/m0/s1. The van der Waals surface area contributed by atoms with Crippen molar-refractivity contribution in [3.05, 3.63) is 59.7 Å². The zero-order valence-electron chi connectivity index (χ0n) is 15.0. The Balaban J connectivity index is 1.50. The van der Waals surface area contributed by atoms with Gasteiger partial charge in [0.05, 0.1) is 17.5 Å². The van der Waals surface area contributed by atoms with Gasteiger partial charge in [0.1, 0.15) is 11.3 Å². The van der Waals surface area contributed by atoms with Crippen molar-refractivity contribution in [2.24, 2.45) is 23.7 Å². The third kappa shape index (κ3) is 2.24. The van der Waals surface area contributed by atoms with Crippen molar-refractivity contribution >= 4 is 23.5 Å². The molecule has 2 saturated carbocycles. The number of rotatable bonds is 3. The number of nitrogens with zero attached hydrogens (tertiary/aromatic N) is 1. The van der Waals surface area contributed by atoms with Gasteiger partial charge < -0.3 is 10.2 Å². The van der Waals surface area contributed by atoms with Crippen molar-refractivity contribution in [2.75, 3.05) is 4.90 Å². The topological polar surface area (TPSA) is 94.9 Å². The molecular formula is C22H19NO5. The van der Waals surface area contributed by atoms with Crippen molar-refractivity contribution in [2.45, 2.75) is 18.8 Å². The molecule has 6 heteroatoms. The number of benzene rings is 2. The second-order valence-electron chi connectivity index (χ2n) is 7.98. The van der Waals surface area contributed by atoms with Gasteiger partial charge in [-0.15, -0.1) is 0 Å². The van der Waals surface area contributed by atoms with Gasteiger partial charge in [-0.2, -0.15) is 0 Å². The Kier molecular flexibility index (Phi) is 3.59. The largest absolute Gasteiger partial charge is 0.507 e. The van der Waals surface area contributed by atoms with Gasteiger partial charge in [-0.05, 0) is 54.4 Å². The van der Waals surface area contributed by atoms with Crippen molar-refractivity contribution in [3.63, 3.8) is 0 Å². The van der Waals surface area contributed by atoms with Gasteiger partial charge in [0.15, 0.2) is 0 Å². The summed E-state index contributed by atoms with van der Waals surface area (Å²) in [7, 11) is 0. The highest BCUT2D eigenvalue weighted by molar-refractivity contribution is 6.23. The first kappa shape index (κ1) is 17.0. The minimum Gasteiger partial charge on any atom is -0.507 e. The van der Waals surface area contributed by atoms with E-state index in [2.05, 4.69) is 12.1 Å². The number of imide groups is 1. The summed E-state index contributed by atoms with van der Waals surface area (Å²) in [6, 6.07) is 14.0. The van der Waals surface area contributed by atoms with E-state index in [1.165, 1.54) is 23.8 Å². The summed E-state index contributed by atoms with van der Waals surface area (Å²) < 4.78 is 0. The summed E-state index contributed by atoms with van der Waals surface area (Å²) in [6.07, 6.45) is 1.79. The highest BCUT2D eigenvalue weighted by Gasteiger charge is 2.64. The van der Waals surface area contributed by atoms with Crippen LogP contribution >= 0.6 is 0 Å². The minimum absolute atomic E-state index is 0.134. The lowest BCUT2D eigenvalue weighted by atomic mass is 9.73. The molecule has 3 fully saturated rings. The van der Waals surface area contributed by atoms with Crippen LogP contribution in [0.4, 0.5) is 5.69 Å². The van der Waals surface area contributed by atoms with Gasteiger partial charge >= 0.3 is 5.97 Å². The molecule has 2 aromatic rings. The van der Waals surface area contributed by atoms with Crippen molar-refractivity contribution in [3.8, 4) is 5.75 Å². The van der Waals surface area contributed by atoms with Crippen molar-refractivity contribution in [1.29, 1.82) is 0 Å². The quantitative estimate of drug-likeness (QED) is 0.802. The molecule has 2 bridgehead atoms. The zero-order valence-corrected chi connectivity index (χ0v) is 15.0. The van der Waals surface area contributed by atoms with Crippen LogP contribution in [0.5, 0.6) is 5.75 Å². The predicted molar refractivity (Wildman–Crippen MR) is 99.9 cm³/mol. The molecular weight excluding hydrogens is 358 g/mol. The maximum absolute atomic E-state index is 13.2. The fraction of sp³-hybridized carbons (Fsp3) is 0.318. The van der Waals surface area contributed by atoms with Gasteiger partial charge in [-0.1, -0.05) is 30.3 Å². The predicted octanol–water partition coefficient (Wildman–Crippen LogP) is 3.02. The van der Waals surface area contributed by atoms with Gasteiger partial charge in [-0.3, -0.25) is 14.5 Å². The van der Waals surface area contributed by atoms with Gasteiger partial charge in [0.25, 0.3) is 0 Å². The van der Waals surface area contributed by atoms with Crippen LogP contribution in [0.2, 0.25) is 0 Å². The number of hydrogen-bond acceptors (Lipinski definition) is 4. The number of anilines is 1. The Morgan fingerprint density at radius 3 is 2.39 bits per heavy atom. The Labute approximate surface area is 161 Å². The first-order valence-corrected chi connectivity index (χ1v) is 9.46. The number of carboxylic acids is 1. The summed E-state index contributed by atoms with van der Waals surface area (Å²) in [5.41, 5.74) is 1.11. The van der Waals surface area contributed by atoms with Gasteiger partial charge in [0, 0.05) is 0 Å². The highest BCUT2D eigenvalue weighted by Crippen LogP contribution is 2.61. The molecule has 0 spiro atoms. The fourth-order valence-electron chi connectivity index (χ4n) is 5.63. The molecule has 2 aromatic carbocycles. The lowest BCUT2D eigenvalue weighted by Crippen LogP contribution is -2.33. The van der Waals surface area contributed by atoms with Crippen molar-refractivity contribution < 1.29 is 24.6 Å². The monoisotopic (exact) mass is 377 g/mol. The average Bonchev–Trinajstić information content (AvgIpc) is 3.35. The van der Waals surface area contributed by atoms with Crippen LogP contribution in [-0.2, 0) is 9.59 Å². The first-order chi connectivity index (χ1) is 13.5. The van der Waals surface area contributed by atoms with Crippen LogP contribution in [0.25, 0.3) is 0 Å². The maximum Gasteiger partial charge on any atom is 0.339 e. The Morgan fingerprint density at radius 1 is 0.964 bits per heavy atom. The molecule has 2 aliphatic carbocycles. The summed E-state index contributed by atoms with van der Waals surface area (Å²) in [5, 5.41) is 19.0. The second kappa shape index (κ2) is 5.92. The number of amides is 2. The smallest absolute Gasteiger partial charge is 0.339 e. The van der Waals surface area contributed by atoms with E-state index in [1.54, 1.807) is 0 Å². The Hall–Kier alpha value is -3.15. The molecule has 3 aliphatic rings. The van der Waals surface area contributed by atoms with Crippen LogP contribution in [-0.4, -0.2) is 28.0 Å². The number of aromatic carboxylic acids is 1. The summed E-state index contributed by atoms with van der Waals surface area (Å²) >= 11 is 0. The van der Waals surface area contributed by atoms with Gasteiger partial charge in [-0.25, -0.2) is 4.79 Å². The molecule has 1 heterocycles. The van der Waals surface area contributed by atoms with Crippen LogP contribution in [0.15, 0.2) is 48.5 Å². The fourth-order valence-corrected chi connectivity index (χ4v) is 5.63. The third-order valence-corrected chi connectivity index (χ3v) is 6.71. The number of aromatic hydroxyl groups is 1. The van der Waals surface area contributed by atoms with Crippen LogP contribution in [0.1, 0.15) is 34.7 Å². The van der Waals surface area contributed by atoms with E-state index in [1.807, 2.05) is 18.2 Å². The molecule has 5 rings (SSSR count). The van der Waals surface area contributed by atoms with E-state index in [0.29, 0.717) is 0 Å². The average molecular weight is 377 g/mol. The second-order valence-corrected chi connectivity index (χ2v) is 7.98. The minimum atomic E-state index is -1.30. The number of fused-ring (bicyclic) bond motifs is 5. The molecule has 6 nitrogen and oxygen atoms in total.